The van der Waals surface area contributed by atoms with Crippen LogP contribution in [-0.2, 0) is 0 Å². The first kappa shape index (κ1) is 3.83. The van der Waals surface area contributed by atoms with Gasteiger partial charge in [0.1, 0.15) is 0 Å². The summed E-state index contributed by atoms with van der Waals surface area (Å²) in [5.41, 5.74) is 5.85. The molecule has 0 bridgehead atoms. The van der Waals surface area contributed by atoms with Gasteiger partial charge < -0.3 is 0 Å². The fourth-order valence-electron chi connectivity index (χ4n) is 0.179. The van der Waals surface area contributed by atoms with Crippen molar-refractivity contribution in [2.24, 2.45) is 0 Å². The third kappa shape index (κ3) is 0.738. The minimum absolute atomic E-state index is 0.674. The molecule has 0 aromatic rings. The van der Waals surface area contributed by atoms with E-state index in [-0.39, 0.29) is 0 Å². The van der Waals surface area contributed by atoms with Gasteiger partial charge in [-0.2, -0.15) is 0 Å². The molecule has 1 heterocycles. The zero-order valence-electron chi connectivity index (χ0n) is 2.66. The summed E-state index contributed by atoms with van der Waals surface area (Å²) in [6, 6.07) is 0. The van der Waals surface area contributed by atoms with Crippen LogP contribution < -0.4 is 10.9 Å². The van der Waals surface area contributed by atoms with Gasteiger partial charge in [0.2, 0.25) is 0 Å². The van der Waals surface area contributed by atoms with E-state index in [0.29, 0.717) is 4.05 Å². The number of alkyl halides is 1. The smallest absolute Gasteiger partial charge is 0.0865 e. The Kier molecular flexibility index (Phi) is 1.07. The molecule has 2 N–H and O–H groups in total. The maximum Gasteiger partial charge on any atom is 0.0865 e. The number of rotatable bonds is 0. The second-order valence-corrected chi connectivity index (χ2v) is 2.50. The van der Waals surface area contributed by atoms with Crippen LogP contribution >= 0.6 is 22.6 Å². The van der Waals surface area contributed by atoms with Crippen LogP contribution in [0.5, 0.6) is 0 Å². The fourth-order valence-corrected chi connectivity index (χ4v) is 0.620. The van der Waals surface area contributed by atoms with Gasteiger partial charge in [-0.15, -0.1) is 0 Å². The van der Waals surface area contributed by atoms with Crippen molar-refractivity contribution in [3.63, 3.8) is 0 Å². The molecule has 0 aliphatic carbocycles. The number of hydrogen-bond acceptors (Lipinski definition) is 2. The molecule has 0 radical (unpaired) electrons. The van der Waals surface area contributed by atoms with Crippen LogP contribution in [0.2, 0.25) is 0 Å². The number of hydrogen-bond donors (Lipinski definition) is 2. The second-order valence-electron chi connectivity index (χ2n) is 0.993. The normalized spacial score (nSPS) is 36.6. The first-order valence-corrected chi connectivity index (χ1v) is 2.76. The molecule has 2 nitrogen and oxygen atoms in total. The largest absolute Gasteiger partial charge is 0.254 e. The summed E-state index contributed by atoms with van der Waals surface area (Å²) in [6.45, 7) is 1.11. The van der Waals surface area contributed by atoms with E-state index >= 15 is 0 Å². The quantitative estimate of drug-likeness (QED) is 0.311. The third-order valence-electron chi connectivity index (χ3n) is 0.540. The van der Waals surface area contributed by atoms with Gasteiger partial charge in [0.15, 0.2) is 0 Å². The van der Waals surface area contributed by atoms with E-state index in [2.05, 4.69) is 33.4 Å². The molecule has 1 atom stereocenters. The lowest BCUT2D eigenvalue weighted by atomic mass is 10.6. The Morgan fingerprint density at radius 1 is 1.80 bits per heavy atom. The standard InChI is InChI=1S/C2H5IN2/c3-2-1-4-5-2/h2,4-5H,1H2. The summed E-state index contributed by atoms with van der Waals surface area (Å²) in [5, 5.41) is 0. The molecule has 0 amide bonds. The highest BCUT2D eigenvalue weighted by molar-refractivity contribution is 14.1. The minimum atomic E-state index is 0.674. The molecule has 1 aliphatic heterocycles. The molecule has 30 valence electrons. The first-order chi connectivity index (χ1) is 2.39. The van der Waals surface area contributed by atoms with Crippen LogP contribution in [0.3, 0.4) is 0 Å². The number of hydrazine groups is 1. The topological polar surface area (TPSA) is 24.1 Å². The van der Waals surface area contributed by atoms with Gasteiger partial charge in [-0.3, -0.25) is 5.43 Å². The van der Waals surface area contributed by atoms with Crippen molar-refractivity contribution >= 4 is 22.6 Å². The van der Waals surface area contributed by atoms with E-state index in [1.165, 1.54) is 0 Å². The molecule has 1 aliphatic rings. The van der Waals surface area contributed by atoms with E-state index in [1.54, 1.807) is 0 Å². The van der Waals surface area contributed by atoms with Crippen molar-refractivity contribution in [3.8, 4) is 0 Å². The molecule has 0 aromatic heterocycles. The Morgan fingerprint density at radius 3 is 2.20 bits per heavy atom. The maximum absolute atomic E-state index is 2.94. The number of halogens is 1. The maximum atomic E-state index is 2.94. The third-order valence-corrected chi connectivity index (χ3v) is 1.29. The summed E-state index contributed by atoms with van der Waals surface area (Å²) in [5.74, 6) is 0. The zero-order chi connectivity index (χ0) is 3.70. The van der Waals surface area contributed by atoms with Gasteiger partial charge in [0.05, 0.1) is 4.05 Å². The van der Waals surface area contributed by atoms with Crippen LogP contribution in [0.4, 0.5) is 0 Å². The van der Waals surface area contributed by atoms with Crippen LogP contribution in [0, 0.1) is 0 Å². The van der Waals surface area contributed by atoms with E-state index < -0.39 is 0 Å². The lowest BCUT2D eigenvalue weighted by molar-refractivity contribution is 0.405. The average molecular weight is 184 g/mol. The summed E-state index contributed by atoms with van der Waals surface area (Å²) < 4.78 is 0.674. The lowest BCUT2D eigenvalue weighted by Crippen LogP contribution is -2.55. The SMILES string of the molecule is IC1CNN1. The van der Waals surface area contributed by atoms with Gasteiger partial charge in [0, 0.05) is 6.54 Å². The molecule has 1 unspecified atom stereocenters. The van der Waals surface area contributed by atoms with E-state index in [4.69, 9.17) is 0 Å². The van der Waals surface area contributed by atoms with Crippen LogP contribution in [0.1, 0.15) is 0 Å². The van der Waals surface area contributed by atoms with Gasteiger partial charge >= 0.3 is 0 Å². The monoisotopic (exact) mass is 184 g/mol. The summed E-state index contributed by atoms with van der Waals surface area (Å²) in [7, 11) is 0. The Hall–Kier alpha value is 0.650. The molecule has 1 rings (SSSR count). The van der Waals surface area contributed by atoms with Crippen molar-refractivity contribution in [1.29, 1.82) is 0 Å². The van der Waals surface area contributed by atoms with Gasteiger partial charge in [-0.25, -0.2) is 5.43 Å². The van der Waals surface area contributed by atoms with Crippen molar-refractivity contribution in [3.05, 3.63) is 0 Å². The van der Waals surface area contributed by atoms with Crippen molar-refractivity contribution in [1.82, 2.24) is 10.9 Å². The molecule has 0 spiro atoms. The average Bonchev–Trinajstić information content (AvgIpc) is 1.30. The summed E-state index contributed by atoms with van der Waals surface area (Å²) in [6.07, 6.45) is 0. The molecule has 3 heteroatoms. The Balaban J connectivity index is 2.08. The van der Waals surface area contributed by atoms with Gasteiger partial charge in [0.25, 0.3) is 0 Å². The van der Waals surface area contributed by atoms with Gasteiger partial charge in [-0.05, 0) is 0 Å². The second kappa shape index (κ2) is 1.40. The molecule has 0 saturated carbocycles. The summed E-state index contributed by atoms with van der Waals surface area (Å²) in [4.78, 5) is 0. The predicted octanol–water partition coefficient (Wildman–Crippen LogP) is -0.145. The molecule has 5 heavy (non-hydrogen) atoms. The van der Waals surface area contributed by atoms with E-state index in [0.717, 1.165) is 6.54 Å². The Bertz CT molecular complexity index is 34.6. The number of nitrogens with one attached hydrogen (secondary N) is 2. The van der Waals surface area contributed by atoms with Gasteiger partial charge in [-0.1, -0.05) is 22.6 Å². The predicted molar refractivity (Wildman–Crippen MR) is 28.9 cm³/mol. The molecular formula is C2H5IN2. The van der Waals surface area contributed by atoms with Crippen molar-refractivity contribution < 1.29 is 0 Å². The van der Waals surface area contributed by atoms with E-state index in [9.17, 15) is 0 Å². The summed E-state index contributed by atoms with van der Waals surface area (Å²) >= 11 is 2.32. The first-order valence-electron chi connectivity index (χ1n) is 1.52. The van der Waals surface area contributed by atoms with Crippen LogP contribution in [0.15, 0.2) is 0 Å². The van der Waals surface area contributed by atoms with Crippen molar-refractivity contribution in [2.75, 3.05) is 6.54 Å². The highest BCUT2D eigenvalue weighted by Crippen LogP contribution is 1.96. The Labute approximate surface area is 44.4 Å². The highest BCUT2D eigenvalue weighted by atomic mass is 127. The fraction of sp³-hybridized carbons (Fsp3) is 1.00. The van der Waals surface area contributed by atoms with Crippen molar-refractivity contribution in [2.45, 2.75) is 4.05 Å². The molecule has 0 aromatic carbocycles. The highest BCUT2D eigenvalue weighted by Gasteiger charge is 2.08. The van der Waals surface area contributed by atoms with Crippen LogP contribution in [-0.4, -0.2) is 10.6 Å². The minimum Gasteiger partial charge on any atom is -0.254 e. The molecule has 1 fully saturated rings. The zero-order valence-corrected chi connectivity index (χ0v) is 4.82. The van der Waals surface area contributed by atoms with Crippen LogP contribution in [0.25, 0.3) is 0 Å². The van der Waals surface area contributed by atoms with E-state index in [1.807, 2.05) is 0 Å². The Morgan fingerprint density at radius 2 is 2.20 bits per heavy atom. The lowest BCUT2D eigenvalue weighted by Gasteiger charge is -2.22. The molecule has 1 saturated heterocycles. The molecular weight excluding hydrogens is 179 g/mol.